The lowest BCUT2D eigenvalue weighted by Gasteiger charge is -1.95. The molecule has 0 aliphatic heterocycles. The first kappa shape index (κ1) is 11.4. The first-order valence-corrected chi connectivity index (χ1v) is 6.26. The molecule has 0 saturated heterocycles. The van der Waals surface area contributed by atoms with Gasteiger partial charge >= 0.3 is 5.97 Å². The van der Waals surface area contributed by atoms with E-state index in [1.165, 1.54) is 18.4 Å². The number of benzene rings is 1. The van der Waals surface area contributed by atoms with Gasteiger partial charge in [-0.2, -0.15) is 0 Å². The van der Waals surface area contributed by atoms with Crippen LogP contribution in [0.15, 0.2) is 40.9 Å². The molecule has 82 valence electrons. The van der Waals surface area contributed by atoms with Crippen LogP contribution < -0.4 is 0 Å². The Labute approximate surface area is 106 Å². The summed E-state index contributed by atoms with van der Waals surface area (Å²) in [5, 5.41) is 0. The third kappa shape index (κ3) is 2.18. The van der Waals surface area contributed by atoms with Gasteiger partial charge in [0.2, 0.25) is 0 Å². The first-order chi connectivity index (χ1) is 7.72. The quantitative estimate of drug-likeness (QED) is 0.784. The van der Waals surface area contributed by atoms with Crippen LogP contribution in [0.1, 0.15) is 9.67 Å². The molecular formula is C12H9BrO2S. The topological polar surface area (TPSA) is 26.3 Å². The number of rotatable bonds is 2. The van der Waals surface area contributed by atoms with E-state index >= 15 is 0 Å². The van der Waals surface area contributed by atoms with Crippen molar-refractivity contribution in [3.05, 3.63) is 45.7 Å². The highest BCUT2D eigenvalue weighted by atomic mass is 79.9. The molecule has 0 aliphatic rings. The summed E-state index contributed by atoms with van der Waals surface area (Å²) in [6.07, 6.45) is 0. The molecule has 4 heteroatoms. The second kappa shape index (κ2) is 4.80. The molecule has 2 nitrogen and oxygen atoms in total. The number of hydrogen-bond acceptors (Lipinski definition) is 3. The molecule has 1 heterocycles. The maximum absolute atomic E-state index is 11.4. The Kier molecular flexibility index (Phi) is 3.41. The maximum Gasteiger partial charge on any atom is 0.349 e. The van der Waals surface area contributed by atoms with Crippen LogP contribution in [0.3, 0.4) is 0 Å². The third-order valence-corrected chi connectivity index (χ3v) is 4.17. The van der Waals surface area contributed by atoms with E-state index in [1.807, 2.05) is 36.4 Å². The second-order valence-electron chi connectivity index (χ2n) is 3.15. The van der Waals surface area contributed by atoms with Gasteiger partial charge in [-0.3, -0.25) is 0 Å². The minimum absolute atomic E-state index is 0.306. The van der Waals surface area contributed by atoms with E-state index in [4.69, 9.17) is 4.74 Å². The van der Waals surface area contributed by atoms with E-state index in [-0.39, 0.29) is 5.97 Å². The molecule has 2 aromatic rings. The van der Waals surface area contributed by atoms with Crippen molar-refractivity contribution >= 4 is 33.2 Å². The summed E-state index contributed by atoms with van der Waals surface area (Å²) in [6.45, 7) is 0. The molecule has 1 aromatic carbocycles. The Balaban J connectivity index is 2.42. The minimum Gasteiger partial charge on any atom is -0.465 e. The molecule has 2 rings (SSSR count). The van der Waals surface area contributed by atoms with Crippen molar-refractivity contribution in [2.45, 2.75) is 0 Å². The van der Waals surface area contributed by atoms with Crippen molar-refractivity contribution in [2.24, 2.45) is 0 Å². The number of carbonyl (C=O) groups excluding carboxylic acids is 1. The molecule has 0 saturated carbocycles. The minimum atomic E-state index is -0.306. The number of thiophene rings is 1. The monoisotopic (exact) mass is 296 g/mol. The van der Waals surface area contributed by atoms with Crippen LogP contribution in [0.2, 0.25) is 0 Å². The molecule has 0 unspecified atom stereocenters. The van der Waals surface area contributed by atoms with Gasteiger partial charge in [0.15, 0.2) is 0 Å². The van der Waals surface area contributed by atoms with Crippen molar-refractivity contribution in [3.63, 3.8) is 0 Å². The summed E-state index contributed by atoms with van der Waals surface area (Å²) in [4.78, 5) is 13.1. The van der Waals surface area contributed by atoms with Gasteiger partial charge in [-0.15, -0.1) is 11.3 Å². The van der Waals surface area contributed by atoms with Gasteiger partial charge in [-0.25, -0.2) is 4.79 Å². The van der Waals surface area contributed by atoms with Gasteiger partial charge in [0.25, 0.3) is 0 Å². The first-order valence-electron chi connectivity index (χ1n) is 4.65. The predicted molar refractivity (Wildman–Crippen MR) is 68.8 cm³/mol. The Hall–Kier alpha value is -1.13. The third-order valence-electron chi connectivity index (χ3n) is 2.12. The molecule has 0 amide bonds. The number of hydrogen-bond donors (Lipinski definition) is 0. The predicted octanol–water partition coefficient (Wildman–Crippen LogP) is 3.96. The highest BCUT2D eigenvalue weighted by Gasteiger charge is 2.15. The van der Waals surface area contributed by atoms with Crippen molar-refractivity contribution in [1.29, 1.82) is 0 Å². The molecule has 16 heavy (non-hydrogen) atoms. The fourth-order valence-electron chi connectivity index (χ4n) is 1.35. The summed E-state index contributed by atoms with van der Waals surface area (Å²) in [6, 6.07) is 11.9. The summed E-state index contributed by atoms with van der Waals surface area (Å²) >= 11 is 4.79. The van der Waals surface area contributed by atoms with E-state index < -0.39 is 0 Å². The highest BCUT2D eigenvalue weighted by Crippen LogP contribution is 2.34. The molecule has 0 aliphatic carbocycles. The molecular weight excluding hydrogens is 288 g/mol. The second-order valence-corrected chi connectivity index (χ2v) is 5.05. The van der Waals surface area contributed by atoms with Gasteiger partial charge in [0, 0.05) is 9.35 Å². The van der Waals surface area contributed by atoms with Crippen LogP contribution >= 0.6 is 27.3 Å². The van der Waals surface area contributed by atoms with Crippen LogP contribution in [0.4, 0.5) is 0 Å². The Morgan fingerprint density at radius 2 is 2.00 bits per heavy atom. The van der Waals surface area contributed by atoms with E-state index in [2.05, 4.69) is 15.9 Å². The summed E-state index contributed by atoms with van der Waals surface area (Å²) in [5.74, 6) is -0.306. The largest absolute Gasteiger partial charge is 0.465 e. The summed E-state index contributed by atoms with van der Waals surface area (Å²) < 4.78 is 5.49. The smallest absolute Gasteiger partial charge is 0.349 e. The van der Waals surface area contributed by atoms with Crippen LogP contribution in [0, 0.1) is 0 Å². The van der Waals surface area contributed by atoms with E-state index in [0.717, 1.165) is 14.9 Å². The Bertz CT molecular complexity index is 505. The summed E-state index contributed by atoms with van der Waals surface area (Å²) in [7, 11) is 1.39. The molecule has 1 aromatic heterocycles. The zero-order valence-corrected chi connectivity index (χ0v) is 11.0. The van der Waals surface area contributed by atoms with Crippen molar-refractivity contribution in [1.82, 2.24) is 0 Å². The number of methoxy groups -OCH3 is 1. The highest BCUT2D eigenvalue weighted by molar-refractivity contribution is 9.10. The van der Waals surface area contributed by atoms with Gasteiger partial charge in [0.05, 0.1) is 7.11 Å². The van der Waals surface area contributed by atoms with Crippen molar-refractivity contribution in [2.75, 3.05) is 7.11 Å². The van der Waals surface area contributed by atoms with E-state index in [0.29, 0.717) is 4.88 Å². The average molecular weight is 297 g/mol. The van der Waals surface area contributed by atoms with Gasteiger partial charge in [-0.1, -0.05) is 30.3 Å². The van der Waals surface area contributed by atoms with Crippen molar-refractivity contribution < 1.29 is 9.53 Å². The van der Waals surface area contributed by atoms with Gasteiger partial charge < -0.3 is 4.74 Å². The summed E-state index contributed by atoms with van der Waals surface area (Å²) in [5.41, 5.74) is 1.10. The van der Waals surface area contributed by atoms with Crippen molar-refractivity contribution in [3.8, 4) is 10.4 Å². The van der Waals surface area contributed by atoms with Gasteiger partial charge in [0.1, 0.15) is 4.88 Å². The van der Waals surface area contributed by atoms with Crippen LogP contribution in [0.5, 0.6) is 0 Å². The molecule has 0 spiro atoms. The molecule has 0 atom stereocenters. The Morgan fingerprint density at radius 3 is 2.62 bits per heavy atom. The maximum atomic E-state index is 11.4. The lowest BCUT2D eigenvalue weighted by molar-refractivity contribution is 0.0605. The van der Waals surface area contributed by atoms with Crippen LogP contribution in [0.25, 0.3) is 10.4 Å². The number of ether oxygens (including phenoxy) is 1. The SMILES string of the molecule is COC(=O)c1sc(-c2ccccc2)cc1Br. The fraction of sp³-hybridized carbons (Fsp3) is 0.0833. The van der Waals surface area contributed by atoms with E-state index in [1.54, 1.807) is 0 Å². The van der Waals surface area contributed by atoms with Gasteiger partial charge in [-0.05, 0) is 27.6 Å². The molecule has 0 N–H and O–H groups in total. The Morgan fingerprint density at radius 1 is 1.31 bits per heavy atom. The zero-order valence-electron chi connectivity index (χ0n) is 8.57. The van der Waals surface area contributed by atoms with Crippen LogP contribution in [-0.2, 0) is 4.74 Å². The standard InChI is InChI=1S/C12H9BrO2S/c1-15-12(14)11-9(13)7-10(16-11)8-5-3-2-4-6-8/h2-7H,1H3. The number of carbonyl (C=O) groups is 1. The fourth-order valence-corrected chi connectivity index (χ4v) is 3.10. The zero-order chi connectivity index (χ0) is 11.5. The van der Waals surface area contributed by atoms with Crippen LogP contribution in [-0.4, -0.2) is 13.1 Å². The number of halogens is 1. The average Bonchev–Trinajstić information content (AvgIpc) is 2.71. The number of esters is 1. The lowest BCUT2D eigenvalue weighted by Crippen LogP contribution is -1.97. The lowest BCUT2D eigenvalue weighted by atomic mass is 10.2. The normalized spacial score (nSPS) is 10.1. The molecule has 0 fully saturated rings. The molecule has 0 bridgehead atoms. The molecule has 0 radical (unpaired) electrons. The van der Waals surface area contributed by atoms with E-state index in [9.17, 15) is 4.79 Å².